The molecule has 1 saturated carbocycles. The molecule has 0 aromatic carbocycles. The number of hydrogen-bond donors (Lipinski definition) is 0. The zero-order chi connectivity index (χ0) is 9.73. The van der Waals surface area contributed by atoms with Crippen molar-refractivity contribution in [1.82, 2.24) is 0 Å². The van der Waals surface area contributed by atoms with Crippen molar-refractivity contribution in [2.45, 2.75) is 39.0 Å². The van der Waals surface area contributed by atoms with Crippen LogP contribution in [0.1, 0.15) is 39.0 Å². The maximum atomic E-state index is 4.15. The molecule has 0 nitrogen and oxygen atoms in total. The third-order valence-electron chi connectivity index (χ3n) is 3.17. The van der Waals surface area contributed by atoms with Gasteiger partial charge in [-0.3, -0.25) is 0 Å². The van der Waals surface area contributed by atoms with E-state index >= 15 is 0 Å². The molecule has 0 heterocycles. The summed E-state index contributed by atoms with van der Waals surface area (Å²) in [6.07, 6.45) is 12.6. The molecule has 0 N–H and O–H groups in total. The molecule has 13 heavy (non-hydrogen) atoms. The van der Waals surface area contributed by atoms with Gasteiger partial charge in [0.15, 0.2) is 0 Å². The Kier molecular flexibility index (Phi) is 3.53. The molecule has 1 aliphatic carbocycles. The first-order chi connectivity index (χ1) is 6.19. The highest BCUT2D eigenvalue weighted by Gasteiger charge is 2.27. The van der Waals surface area contributed by atoms with Gasteiger partial charge in [0.05, 0.1) is 0 Å². The SMILES string of the molecule is C=C/C=C\C(=C)C1(C)CCCCC1. The van der Waals surface area contributed by atoms with Crippen LogP contribution in [0, 0.1) is 5.41 Å². The van der Waals surface area contributed by atoms with Gasteiger partial charge in [-0.05, 0) is 23.8 Å². The van der Waals surface area contributed by atoms with Crippen molar-refractivity contribution in [2.24, 2.45) is 5.41 Å². The second-order valence-corrected chi connectivity index (χ2v) is 4.24. The lowest BCUT2D eigenvalue weighted by Gasteiger charge is -2.34. The van der Waals surface area contributed by atoms with E-state index in [1.165, 1.54) is 37.7 Å². The predicted octanol–water partition coefficient (Wildman–Crippen LogP) is 4.26. The van der Waals surface area contributed by atoms with Gasteiger partial charge in [0.2, 0.25) is 0 Å². The van der Waals surface area contributed by atoms with Crippen LogP contribution >= 0.6 is 0 Å². The fourth-order valence-corrected chi connectivity index (χ4v) is 2.04. The Labute approximate surface area is 82.0 Å². The normalized spacial score (nSPS) is 21.6. The van der Waals surface area contributed by atoms with E-state index in [1.54, 1.807) is 0 Å². The van der Waals surface area contributed by atoms with Crippen molar-refractivity contribution in [1.29, 1.82) is 0 Å². The van der Waals surface area contributed by atoms with Gasteiger partial charge in [0.25, 0.3) is 0 Å². The van der Waals surface area contributed by atoms with Gasteiger partial charge < -0.3 is 0 Å². The molecule has 0 saturated heterocycles. The van der Waals surface area contributed by atoms with Crippen LogP contribution in [0.2, 0.25) is 0 Å². The lowest BCUT2D eigenvalue weighted by atomic mass is 9.71. The Morgan fingerprint density at radius 1 is 1.23 bits per heavy atom. The third-order valence-corrected chi connectivity index (χ3v) is 3.17. The summed E-state index contributed by atoms with van der Waals surface area (Å²) in [7, 11) is 0. The molecular weight excluding hydrogens is 156 g/mol. The zero-order valence-corrected chi connectivity index (χ0v) is 8.68. The summed E-state index contributed by atoms with van der Waals surface area (Å²) in [5.74, 6) is 0. The summed E-state index contributed by atoms with van der Waals surface area (Å²) in [5, 5.41) is 0. The standard InChI is InChI=1S/C13H20/c1-4-5-9-12(2)13(3)10-7-6-8-11-13/h4-5,9H,1-2,6-8,10-11H2,3H3/b9-5-. The minimum atomic E-state index is 0.359. The summed E-state index contributed by atoms with van der Waals surface area (Å²) in [6.45, 7) is 10.2. The molecule has 0 spiro atoms. The van der Waals surface area contributed by atoms with Crippen LogP contribution in [0.4, 0.5) is 0 Å². The predicted molar refractivity (Wildman–Crippen MR) is 59.7 cm³/mol. The van der Waals surface area contributed by atoms with E-state index in [0.717, 1.165) is 0 Å². The molecule has 1 fully saturated rings. The molecule has 0 unspecified atom stereocenters. The first-order valence-corrected chi connectivity index (χ1v) is 5.17. The Bertz CT molecular complexity index is 214. The summed E-state index contributed by atoms with van der Waals surface area (Å²) >= 11 is 0. The third kappa shape index (κ3) is 2.58. The Balaban J connectivity index is 2.61. The molecule has 0 aliphatic heterocycles. The minimum Gasteiger partial charge on any atom is -0.0991 e. The molecule has 0 amide bonds. The van der Waals surface area contributed by atoms with E-state index in [1.807, 2.05) is 12.2 Å². The highest BCUT2D eigenvalue weighted by Crippen LogP contribution is 2.41. The van der Waals surface area contributed by atoms with E-state index in [4.69, 9.17) is 0 Å². The second kappa shape index (κ2) is 4.45. The fraction of sp³-hybridized carbons (Fsp3) is 0.538. The lowest BCUT2D eigenvalue weighted by molar-refractivity contribution is 0.274. The van der Waals surface area contributed by atoms with E-state index in [2.05, 4.69) is 26.2 Å². The lowest BCUT2D eigenvalue weighted by Crippen LogP contribution is -2.21. The van der Waals surface area contributed by atoms with Crippen molar-refractivity contribution in [2.75, 3.05) is 0 Å². The van der Waals surface area contributed by atoms with Crippen molar-refractivity contribution in [3.63, 3.8) is 0 Å². The van der Waals surface area contributed by atoms with Crippen LogP contribution in [0.3, 0.4) is 0 Å². The van der Waals surface area contributed by atoms with Crippen molar-refractivity contribution in [3.8, 4) is 0 Å². The van der Waals surface area contributed by atoms with E-state index in [9.17, 15) is 0 Å². The van der Waals surface area contributed by atoms with Gasteiger partial charge in [-0.15, -0.1) is 0 Å². The smallest absolute Gasteiger partial charge is 0.00811 e. The van der Waals surface area contributed by atoms with Crippen LogP contribution in [0.25, 0.3) is 0 Å². The van der Waals surface area contributed by atoms with Crippen LogP contribution < -0.4 is 0 Å². The average Bonchev–Trinajstić information content (AvgIpc) is 2.15. The summed E-state index contributed by atoms with van der Waals surface area (Å²) in [4.78, 5) is 0. The molecule has 0 bridgehead atoms. The van der Waals surface area contributed by atoms with Gasteiger partial charge in [-0.25, -0.2) is 0 Å². The fourth-order valence-electron chi connectivity index (χ4n) is 2.04. The van der Waals surface area contributed by atoms with E-state index in [0.29, 0.717) is 5.41 Å². The molecule has 72 valence electrons. The van der Waals surface area contributed by atoms with E-state index < -0.39 is 0 Å². The van der Waals surface area contributed by atoms with Crippen molar-refractivity contribution >= 4 is 0 Å². The first kappa shape index (κ1) is 10.3. The Hall–Kier alpha value is -0.780. The molecule has 0 radical (unpaired) electrons. The Morgan fingerprint density at radius 3 is 2.38 bits per heavy atom. The van der Waals surface area contributed by atoms with Gasteiger partial charge in [-0.2, -0.15) is 0 Å². The van der Waals surface area contributed by atoms with Gasteiger partial charge >= 0.3 is 0 Å². The topological polar surface area (TPSA) is 0 Å². The number of rotatable bonds is 3. The zero-order valence-electron chi connectivity index (χ0n) is 8.68. The minimum absolute atomic E-state index is 0.359. The number of allylic oxidation sites excluding steroid dienone is 4. The summed E-state index contributed by atoms with van der Waals surface area (Å²) in [5.41, 5.74) is 1.63. The van der Waals surface area contributed by atoms with Crippen LogP contribution in [-0.4, -0.2) is 0 Å². The van der Waals surface area contributed by atoms with Crippen molar-refractivity contribution < 1.29 is 0 Å². The molecule has 1 rings (SSSR count). The summed E-state index contributed by atoms with van der Waals surface area (Å²) < 4.78 is 0. The summed E-state index contributed by atoms with van der Waals surface area (Å²) in [6, 6.07) is 0. The van der Waals surface area contributed by atoms with Crippen LogP contribution in [0.15, 0.2) is 37.0 Å². The maximum Gasteiger partial charge on any atom is -0.00811 e. The maximum absolute atomic E-state index is 4.15. The Morgan fingerprint density at radius 2 is 1.85 bits per heavy atom. The molecule has 0 heteroatoms. The van der Waals surface area contributed by atoms with E-state index in [-0.39, 0.29) is 0 Å². The quantitative estimate of drug-likeness (QED) is 0.564. The van der Waals surface area contributed by atoms with Gasteiger partial charge in [-0.1, -0.05) is 57.6 Å². The monoisotopic (exact) mass is 176 g/mol. The van der Waals surface area contributed by atoms with Gasteiger partial charge in [0.1, 0.15) is 0 Å². The first-order valence-electron chi connectivity index (χ1n) is 5.17. The molecule has 1 aliphatic rings. The second-order valence-electron chi connectivity index (χ2n) is 4.24. The van der Waals surface area contributed by atoms with Gasteiger partial charge in [0, 0.05) is 0 Å². The molecule has 0 aromatic heterocycles. The molecular formula is C13H20. The highest BCUT2D eigenvalue weighted by molar-refractivity contribution is 5.25. The van der Waals surface area contributed by atoms with Crippen molar-refractivity contribution in [3.05, 3.63) is 37.0 Å². The largest absolute Gasteiger partial charge is 0.0991 e. The average molecular weight is 176 g/mol. The van der Waals surface area contributed by atoms with Crippen LogP contribution in [0.5, 0.6) is 0 Å². The molecule has 0 aromatic rings. The molecule has 0 atom stereocenters. The highest BCUT2D eigenvalue weighted by atomic mass is 14.3. The van der Waals surface area contributed by atoms with Crippen LogP contribution in [-0.2, 0) is 0 Å². The number of hydrogen-bond acceptors (Lipinski definition) is 0.